The molecule has 0 fully saturated rings. The van der Waals surface area contributed by atoms with Crippen molar-refractivity contribution < 1.29 is 28.6 Å². The fraction of sp³-hybridized carbons (Fsp3) is 0.523. The van der Waals surface area contributed by atoms with Gasteiger partial charge in [-0.1, -0.05) is 217 Å². The number of unbranched alkanes of at least 4 members (excludes halogenated alkanes) is 8. The zero-order chi connectivity index (χ0) is 51.4. The smallest absolute Gasteiger partial charge is 0.306 e. The largest absolute Gasteiger partial charge is 0.462 e. The predicted molar refractivity (Wildman–Crippen MR) is 306 cm³/mol. The van der Waals surface area contributed by atoms with Gasteiger partial charge in [-0.05, 0) is 135 Å². The standard InChI is InChI=1S/C65H98O6/c1-4-7-10-13-16-19-22-25-28-31-32-35-38-41-44-47-50-53-56-59-65(68)71-62(60-69-63(66)57-54-51-48-45-42-39-36-33-29-26-23-20-17-14-11-8-5-2)61-70-64(67)58-55-52-49-46-43-40-37-34-30-27-24-21-18-15-12-9-6-3/h8-9,11-12,16-21,25-30,32,35-37,39-41,44-45,48,50,53,62H,4-7,10,13-15,22-24,31,33-34,38,42-43,46-47,49,51-52,54-61H2,1-3H3/b11-8-,12-9-,19-16-,20-17-,21-18-,28-25-,29-26-,30-27-,35-32-,39-36-,40-37-,44-41-,48-45-,53-50-/t62-/m1/s1. The fourth-order valence-corrected chi connectivity index (χ4v) is 6.63. The maximum absolute atomic E-state index is 12.8. The highest BCUT2D eigenvalue weighted by molar-refractivity contribution is 5.71. The normalized spacial score (nSPS) is 13.5. The van der Waals surface area contributed by atoms with Gasteiger partial charge < -0.3 is 14.2 Å². The molecular weight excluding hydrogens is 877 g/mol. The Hall–Kier alpha value is -5.23. The highest BCUT2D eigenvalue weighted by Crippen LogP contribution is 2.10. The van der Waals surface area contributed by atoms with E-state index in [9.17, 15) is 14.4 Å². The minimum atomic E-state index is -0.861. The fourth-order valence-electron chi connectivity index (χ4n) is 6.63. The summed E-state index contributed by atoms with van der Waals surface area (Å²) in [6.45, 7) is 6.22. The summed E-state index contributed by atoms with van der Waals surface area (Å²) in [7, 11) is 0. The molecule has 0 bridgehead atoms. The number of carbonyl (C=O) groups excluding carboxylic acids is 3. The van der Waals surface area contributed by atoms with Crippen LogP contribution in [0, 0.1) is 0 Å². The Labute approximate surface area is 434 Å². The maximum atomic E-state index is 12.8. The summed E-state index contributed by atoms with van der Waals surface area (Å²) in [6, 6.07) is 0. The number of carbonyl (C=O) groups is 3. The second-order valence-corrected chi connectivity index (χ2v) is 17.4. The summed E-state index contributed by atoms with van der Waals surface area (Å²) in [5.74, 6) is -1.13. The summed E-state index contributed by atoms with van der Waals surface area (Å²) in [5, 5.41) is 0. The SMILES string of the molecule is CC/C=C\C/C=C\C/C=C\C/C=C\C/C=C\CCCC(=O)OC[C@H](COC(=O)CCCCCC/C=C\C/C=C\C/C=C\C/C=C\CC)OC(=O)CC/C=C\C/C=C\C/C=C\C/C=C\C/C=C\CCCCC. The molecule has 0 N–H and O–H groups in total. The van der Waals surface area contributed by atoms with Gasteiger partial charge in [0.1, 0.15) is 13.2 Å². The zero-order valence-corrected chi connectivity index (χ0v) is 44.9. The third-order valence-corrected chi connectivity index (χ3v) is 10.7. The minimum Gasteiger partial charge on any atom is -0.462 e. The van der Waals surface area contributed by atoms with Crippen LogP contribution in [0.1, 0.15) is 201 Å². The van der Waals surface area contributed by atoms with Crippen molar-refractivity contribution in [1.82, 2.24) is 0 Å². The summed E-state index contributed by atoms with van der Waals surface area (Å²) >= 11 is 0. The Bertz CT molecular complexity index is 1690. The number of hydrogen-bond donors (Lipinski definition) is 0. The van der Waals surface area contributed by atoms with Gasteiger partial charge in [0.15, 0.2) is 6.10 Å². The van der Waals surface area contributed by atoms with E-state index in [4.69, 9.17) is 14.2 Å². The number of hydrogen-bond acceptors (Lipinski definition) is 6. The molecule has 0 aromatic carbocycles. The second-order valence-electron chi connectivity index (χ2n) is 17.4. The molecule has 0 spiro atoms. The van der Waals surface area contributed by atoms with Crippen LogP contribution in [0.25, 0.3) is 0 Å². The predicted octanol–water partition coefficient (Wildman–Crippen LogP) is 18.8. The molecular formula is C65H98O6. The van der Waals surface area contributed by atoms with E-state index >= 15 is 0 Å². The van der Waals surface area contributed by atoms with Gasteiger partial charge in [0.25, 0.3) is 0 Å². The van der Waals surface area contributed by atoms with E-state index in [2.05, 4.69) is 179 Å². The Morgan fingerprint density at radius 2 is 0.592 bits per heavy atom. The molecule has 0 unspecified atom stereocenters. The Morgan fingerprint density at radius 1 is 0.296 bits per heavy atom. The van der Waals surface area contributed by atoms with Gasteiger partial charge in [-0.3, -0.25) is 14.4 Å². The molecule has 0 aliphatic carbocycles. The lowest BCUT2D eigenvalue weighted by Crippen LogP contribution is -2.30. The van der Waals surface area contributed by atoms with Crippen molar-refractivity contribution in [3.8, 4) is 0 Å². The van der Waals surface area contributed by atoms with E-state index in [1.165, 1.54) is 25.7 Å². The summed E-state index contributed by atoms with van der Waals surface area (Å²) in [4.78, 5) is 38.1. The monoisotopic (exact) mass is 975 g/mol. The average molecular weight is 975 g/mol. The van der Waals surface area contributed by atoms with Crippen LogP contribution in [0.15, 0.2) is 170 Å². The van der Waals surface area contributed by atoms with Crippen molar-refractivity contribution in [2.45, 2.75) is 207 Å². The first-order chi connectivity index (χ1) is 35.0. The lowest BCUT2D eigenvalue weighted by Gasteiger charge is -2.18. The van der Waals surface area contributed by atoms with Crippen LogP contribution >= 0.6 is 0 Å². The molecule has 0 radical (unpaired) electrons. The molecule has 6 nitrogen and oxygen atoms in total. The molecule has 0 saturated heterocycles. The Kier molecular flexibility index (Phi) is 53.1. The van der Waals surface area contributed by atoms with Crippen molar-refractivity contribution in [2.24, 2.45) is 0 Å². The van der Waals surface area contributed by atoms with E-state index in [1.807, 2.05) is 12.2 Å². The van der Waals surface area contributed by atoms with E-state index in [1.54, 1.807) is 0 Å². The van der Waals surface area contributed by atoms with Gasteiger partial charge >= 0.3 is 17.9 Å². The zero-order valence-electron chi connectivity index (χ0n) is 44.9. The Morgan fingerprint density at radius 3 is 0.958 bits per heavy atom. The minimum absolute atomic E-state index is 0.147. The number of allylic oxidation sites excluding steroid dienone is 28. The summed E-state index contributed by atoms with van der Waals surface area (Å²) in [6.07, 6.45) is 85.0. The van der Waals surface area contributed by atoms with Crippen molar-refractivity contribution in [1.29, 1.82) is 0 Å². The number of ether oxygens (including phenoxy) is 3. The van der Waals surface area contributed by atoms with Crippen LogP contribution in [0.3, 0.4) is 0 Å². The lowest BCUT2D eigenvalue weighted by atomic mass is 10.1. The first-order valence-corrected chi connectivity index (χ1v) is 27.6. The highest BCUT2D eigenvalue weighted by Gasteiger charge is 2.19. The van der Waals surface area contributed by atoms with Crippen molar-refractivity contribution in [2.75, 3.05) is 13.2 Å². The molecule has 71 heavy (non-hydrogen) atoms. The van der Waals surface area contributed by atoms with Gasteiger partial charge in [0, 0.05) is 19.3 Å². The van der Waals surface area contributed by atoms with E-state index in [-0.39, 0.29) is 38.0 Å². The van der Waals surface area contributed by atoms with Crippen molar-refractivity contribution in [3.63, 3.8) is 0 Å². The quantitative estimate of drug-likeness (QED) is 0.0262. The molecule has 1 atom stereocenters. The topological polar surface area (TPSA) is 78.9 Å². The molecule has 0 aromatic heterocycles. The molecule has 0 heterocycles. The summed E-state index contributed by atoms with van der Waals surface area (Å²) < 4.78 is 16.7. The van der Waals surface area contributed by atoms with Crippen LogP contribution in [-0.2, 0) is 28.6 Å². The molecule has 6 heteroatoms. The average Bonchev–Trinajstić information content (AvgIpc) is 3.37. The Balaban J connectivity index is 4.68. The van der Waals surface area contributed by atoms with Gasteiger partial charge in [-0.25, -0.2) is 0 Å². The molecule has 0 aliphatic rings. The lowest BCUT2D eigenvalue weighted by molar-refractivity contribution is -0.166. The molecule has 0 aliphatic heterocycles. The van der Waals surface area contributed by atoms with Crippen molar-refractivity contribution >= 4 is 17.9 Å². The van der Waals surface area contributed by atoms with E-state index in [0.29, 0.717) is 19.3 Å². The molecule has 0 rings (SSSR count). The van der Waals surface area contributed by atoms with Gasteiger partial charge in [0.2, 0.25) is 0 Å². The van der Waals surface area contributed by atoms with Gasteiger partial charge in [-0.15, -0.1) is 0 Å². The molecule has 0 amide bonds. The maximum Gasteiger partial charge on any atom is 0.306 e. The molecule has 0 saturated carbocycles. The number of esters is 3. The van der Waals surface area contributed by atoms with Crippen LogP contribution in [0.2, 0.25) is 0 Å². The third kappa shape index (κ3) is 55.6. The van der Waals surface area contributed by atoms with E-state index in [0.717, 1.165) is 122 Å². The van der Waals surface area contributed by atoms with Gasteiger partial charge in [0.05, 0.1) is 0 Å². The highest BCUT2D eigenvalue weighted by atomic mass is 16.6. The summed E-state index contributed by atoms with van der Waals surface area (Å²) in [5.41, 5.74) is 0. The first-order valence-electron chi connectivity index (χ1n) is 27.6. The molecule has 394 valence electrons. The van der Waals surface area contributed by atoms with Crippen LogP contribution in [0.5, 0.6) is 0 Å². The molecule has 0 aromatic rings. The second kappa shape index (κ2) is 57.3. The van der Waals surface area contributed by atoms with Crippen molar-refractivity contribution in [3.05, 3.63) is 170 Å². The third-order valence-electron chi connectivity index (χ3n) is 10.7. The van der Waals surface area contributed by atoms with E-state index < -0.39 is 12.1 Å². The number of rotatable bonds is 47. The first kappa shape index (κ1) is 65.8. The van der Waals surface area contributed by atoms with Crippen LogP contribution in [-0.4, -0.2) is 37.2 Å². The van der Waals surface area contributed by atoms with Crippen LogP contribution in [0.4, 0.5) is 0 Å². The van der Waals surface area contributed by atoms with Crippen LogP contribution < -0.4 is 0 Å². The van der Waals surface area contributed by atoms with Gasteiger partial charge in [-0.2, -0.15) is 0 Å².